The van der Waals surface area contributed by atoms with E-state index in [-0.39, 0.29) is 5.97 Å². The third-order valence-electron chi connectivity index (χ3n) is 4.15. The number of rotatable bonds is 7. The van der Waals surface area contributed by atoms with Crippen LogP contribution in [-0.4, -0.2) is 37.9 Å². The molecule has 0 saturated heterocycles. The number of methoxy groups -OCH3 is 1. The predicted octanol–water partition coefficient (Wildman–Crippen LogP) is 2.51. The highest BCUT2D eigenvalue weighted by Crippen LogP contribution is 2.29. The molecule has 1 aliphatic carbocycles. The number of hydrogen-bond donors (Lipinski definition) is 1. The summed E-state index contributed by atoms with van der Waals surface area (Å²) in [5.74, 6) is 0.385. The van der Waals surface area contributed by atoms with Gasteiger partial charge < -0.3 is 14.8 Å². The summed E-state index contributed by atoms with van der Waals surface area (Å²) in [6.07, 6.45) is 6.35. The fourth-order valence-electron chi connectivity index (χ4n) is 2.93. The first-order valence-electron chi connectivity index (χ1n) is 7.52. The van der Waals surface area contributed by atoms with Crippen LogP contribution in [0.25, 0.3) is 0 Å². The first-order chi connectivity index (χ1) is 9.07. The topological polar surface area (TPSA) is 47.6 Å². The van der Waals surface area contributed by atoms with E-state index in [4.69, 9.17) is 9.47 Å². The number of likely N-dealkylation sites (N-methyl/N-ethyl adjacent to an activating group) is 1. The second kappa shape index (κ2) is 7.85. The molecular weight excluding hydrogens is 242 g/mol. The van der Waals surface area contributed by atoms with Crippen molar-refractivity contribution in [2.24, 2.45) is 5.92 Å². The molecule has 0 aromatic carbocycles. The monoisotopic (exact) mass is 271 g/mol. The maximum Gasteiger partial charge on any atom is 0.328 e. The van der Waals surface area contributed by atoms with E-state index in [1.807, 2.05) is 13.8 Å². The Balaban J connectivity index is 2.57. The average Bonchev–Trinajstić information content (AvgIpc) is 2.44. The van der Waals surface area contributed by atoms with Crippen LogP contribution < -0.4 is 5.32 Å². The maximum atomic E-state index is 11.9. The van der Waals surface area contributed by atoms with E-state index in [2.05, 4.69) is 12.2 Å². The molecule has 3 unspecified atom stereocenters. The summed E-state index contributed by atoms with van der Waals surface area (Å²) in [7, 11) is 1.42. The summed E-state index contributed by atoms with van der Waals surface area (Å²) in [6.45, 7) is 7.16. The van der Waals surface area contributed by atoms with Crippen molar-refractivity contribution in [1.82, 2.24) is 5.32 Å². The van der Waals surface area contributed by atoms with Gasteiger partial charge in [0.2, 0.25) is 0 Å². The van der Waals surface area contributed by atoms with Crippen molar-refractivity contribution in [3.8, 4) is 0 Å². The smallest absolute Gasteiger partial charge is 0.328 e. The van der Waals surface area contributed by atoms with Gasteiger partial charge in [-0.2, -0.15) is 0 Å². The minimum Gasteiger partial charge on any atom is -0.468 e. The molecule has 0 spiro atoms. The third-order valence-corrected chi connectivity index (χ3v) is 4.15. The van der Waals surface area contributed by atoms with E-state index in [1.54, 1.807) is 0 Å². The van der Waals surface area contributed by atoms with Crippen LogP contribution in [-0.2, 0) is 14.3 Å². The zero-order valence-corrected chi connectivity index (χ0v) is 12.8. The van der Waals surface area contributed by atoms with Crippen LogP contribution in [0.5, 0.6) is 0 Å². The Hall–Kier alpha value is -0.610. The van der Waals surface area contributed by atoms with E-state index in [9.17, 15) is 4.79 Å². The zero-order chi connectivity index (χ0) is 14.3. The SMILES string of the molecule is CCNC(C)(COC1CCCCC1CC)C(=O)OC. The first-order valence-corrected chi connectivity index (χ1v) is 7.52. The summed E-state index contributed by atoms with van der Waals surface area (Å²) in [5, 5.41) is 3.18. The van der Waals surface area contributed by atoms with Gasteiger partial charge in [0.05, 0.1) is 19.8 Å². The van der Waals surface area contributed by atoms with Crippen LogP contribution in [0.15, 0.2) is 0 Å². The lowest BCUT2D eigenvalue weighted by Crippen LogP contribution is -2.54. The summed E-state index contributed by atoms with van der Waals surface area (Å²) < 4.78 is 10.9. The fraction of sp³-hybridized carbons (Fsp3) is 0.933. The van der Waals surface area contributed by atoms with Crippen molar-refractivity contribution in [2.75, 3.05) is 20.3 Å². The van der Waals surface area contributed by atoms with Crippen LogP contribution in [0.4, 0.5) is 0 Å². The second-order valence-corrected chi connectivity index (χ2v) is 5.66. The van der Waals surface area contributed by atoms with E-state index in [0.717, 1.165) is 19.4 Å². The van der Waals surface area contributed by atoms with Gasteiger partial charge in [-0.25, -0.2) is 4.79 Å². The number of hydrogen-bond acceptors (Lipinski definition) is 4. The molecule has 0 heterocycles. The van der Waals surface area contributed by atoms with Gasteiger partial charge in [-0.15, -0.1) is 0 Å². The van der Waals surface area contributed by atoms with Gasteiger partial charge in [0.15, 0.2) is 0 Å². The molecule has 1 N–H and O–H groups in total. The van der Waals surface area contributed by atoms with E-state index in [0.29, 0.717) is 18.6 Å². The molecule has 0 amide bonds. The summed E-state index contributed by atoms with van der Waals surface area (Å²) >= 11 is 0. The minimum absolute atomic E-state index is 0.252. The van der Waals surface area contributed by atoms with E-state index in [1.165, 1.54) is 26.4 Å². The quantitative estimate of drug-likeness (QED) is 0.723. The van der Waals surface area contributed by atoms with Crippen LogP contribution in [0, 0.1) is 5.92 Å². The van der Waals surface area contributed by atoms with Crippen molar-refractivity contribution in [1.29, 1.82) is 0 Å². The number of esters is 1. The number of ether oxygens (including phenoxy) is 2. The summed E-state index contributed by atoms with van der Waals surface area (Å²) in [5.41, 5.74) is -0.737. The van der Waals surface area contributed by atoms with E-state index >= 15 is 0 Å². The van der Waals surface area contributed by atoms with Crippen molar-refractivity contribution in [2.45, 2.75) is 64.5 Å². The van der Waals surface area contributed by atoms with Crippen LogP contribution in [0.2, 0.25) is 0 Å². The Labute approximate surface area is 117 Å². The van der Waals surface area contributed by atoms with Gasteiger partial charge in [0.1, 0.15) is 5.54 Å². The normalized spacial score (nSPS) is 26.7. The van der Waals surface area contributed by atoms with Crippen molar-refractivity contribution >= 4 is 5.97 Å². The third kappa shape index (κ3) is 4.46. The molecule has 1 saturated carbocycles. The van der Waals surface area contributed by atoms with Crippen LogP contribution in [0.3, 0.4) is 0 Å². The van der Waals surface area contributed by atoms with Crippen LogP contribution in [0.1, 0.15) is 52.9 Å². The molecule has 1 aliphatic rings. The predicted molar refractivity (Wildman–Crippen MR) is 76.1 cm³/mol. The van der Waals surface area contributed by atoms with Crippen molar-refractivity contribution in [3.05, 3.63) is 0 Å². The van der Waals surface area contributed by atoms with Gasteiger partial charge in [0.25, 0.3) is 0 Å². The lowest BCUT2D eigenvalue weighted by molar-refractivity contribution is -0.152. The molecule has 1 fully saturated rings. The lowest BCUT2D eigenvalue weighted by Gasteiger charge is -2.34. The van der Waals surface area contributed by atoms with Gasteiger partial charge in [0, 0.05) is 0 Å². The van der Waals surface area contributed by atoms with E-state index < -0.39 is 5.54 Å². The number of carbonyl (C=O) groups excluding carboxylic acids is 1. The Morgan fingerprint density at radius 2 is 2.00 bits per heavy atom. The fourth-order valence-corrected chi connectivity index (χ4v) is 2.93. The molecule has 0 radical (unpaired) electrons. The highest BCUT2D eigenvalue weighted by Gasteiger charge is 2.36. The molecule has 0 bridgehead atoms. The molecule has 0 aromatic rings. The molecule has 3 atom stereocenters. The van der Waals surface area contributed by atoms with Crippen LogP contribution >= 0.6 is 0 Å². The summed E-state index contributed by atoms with van der Waals surface area (Å²) in [6, 6.07) is 0. The highest BCUT2D eigenvalue weighted by atomic mass is 16.5. The molecular formula is C15H29NO3. The van der Waals surface area contributed by atoms with Crippen molar-refractivity contribution < 1.29 is 14.3 Å². The van der Waals surface area contributed by atoms with Crippen molar-refractivity contribution in [3.63, 3.8) is 0 Å². The first kappa shape index (κ1) is 16.4. The molecule has 1 rings (SSSR count). The standard InChI is InChI=1S/C15H29NO3/c1-5-12-9-7-8-10-13(12)19-11-15(3,16-6-2)14(17)18-4/h12-13,16H,5-11H2,1-4H3. The molecule has 0 aromatic heterocycles. The Kier molecular flexibility index (Phi) is 6.80. The maximum absolute atomic E-state index is 11.9. The number of carbonyl (C=O) groups is 1. The highest BCUT2D eigenvalue weighted by molar-refractivity contribution is 5.80. The zero-order valence-electron chi connectivity index (χ0n) is 12.8. The molecule has 0 aliphatic heterocycles. The van der Waals surface area contributed by atoms with Gasteiger partial charge in [-0.1, -0.05) is 33.1 Å². The Morgan fingerprint density at radius 3 is 2.58 bits per heavy atom. The Bertz CT molecular complexity index is 283. The van der Waals surface area contributed by atoms with Gasteiger partial charge in [-0.05, 0) is 32.2 Å². The van der Waals surface area contributed by atoms with Gasteiger partial charge in [-0.3, -0.25) is 0 Å². The molecule has 4 heteroatoms. The largest absolute Gasteiger partial charge is 0.468 e. The Morgan fingerprint density at radius 1 is 1.32 bits per heavy atom. The second-order valence-electron chi connectivity index (χ2n) is 5.66. The number of nitrogens with one attached hydrogen (secondary N) is 1. The lowest BCUT2D eigenvalue weighted by atomic mass is 9.84. The molecule has 19 heavy (non-hydrogen) atoms. The summed E-state index contributed by atoms with van der Waals surface area (Å²) in [4.78, 5) is 11.9. The molecule has 112 valence electrons. The minimum atomic E-state index is -0.737. The van der Waals surface area contributed by atoms with Gasteiger partial charge >= 0.3 is 5.97 Å². The molecule has 4 nitrogen and oxygen atoms in total. The average molecular weight is 271 g/mol.